The van der Waals surface area contributed by atoms with Gasteiger partial charge in [-0.3, -0.25) is 0 Å². The molecule has 2 amide bonds. The number of nitrogens with one attached hydrogen (secondary N) is 1. The molecular formula is C16H21N3O2S. The predicted octanol–water partition coefficient (Wildman–Crippen LogP) is 3.19. The molecule has 0 fully saturated rings. The van der Waals surface area contributed by atoms with Crippen molar-refractivity contribution >= 4 is 17.4 Å². The van der Waals surface area contributed by atoms with Gasteiger partial charge in [0.1, 0.15) is 10.8 Å². The lowest BCUT2D eigenvalue weighted by Gasteiger charge is -2.17. The van der Waals surface area contributed by atoms with Gasteiger partial charge in [0.2, 0.25) is 0 Å². The summed E-state index contributed by atoms with van der Waals surface area (Å²) in [5.41, 5.74) is 2.13. The summed E-state index contributed by atoms with van der Waals surface area (Å²) in [5.74, 6) is 0.887. The Morgan fingerprint density at radius 2 is 2.27 bits per heavy atom. The number of aryl methyl sites for hydroxylation is 1. The lowest BCUT2D eigenvalue weighted by atomic mass is 10.1. The van der Waals surface area contributed by atoms with Crippen molar-refractivity contribution in [2.24, 2.45) is 0 Å². The SMILES string of the molecule is CCOc1ccc(CNC(=O)N(C)Cc2nccs2)cc1C. The molecule has 2 rings (SSSR count). The van der Waals surface area contributed by atoms with E-state index in [1.54, 1.807) is 29.5 Å². The molecule has 0 unspecified atom stereocenters. The Morgan fingerprint density at radius 1 is 1.45 bits per heavy atom. The first-order valence-electron chi connectivity index (χ1n) is 7.19. The Bertz CT molecular complexity index is 614. The number of ether oxygens (including phenoxy) is 1. The highest BCUT2D eigenvalue weighted by molar-refractivity contribution is 7.09. The molecule has 0 spiro atoms. The lowest BCUT2D eigenvalue weighted by Crippen LogP contribution is -2.36. The van der Waals surface area contributed by atoms with Crippen LogP contribution in [0.1, 0.15) is 23.1 Å². The number of amides is 2. The van der Waals surface area contributed by atoms with Crippen LogP contribution >= 0.6 is 11.3 Å². The maximum absolute atomic E-state index is 12.1. The standard InChI is InChI=1S/C16H21N3O2S/c1-4-21-14-6-5-13(9-12(14)2)10-18-16(20)19(3)11-15-17-7-8-22-15/h5-9H,4,10-11H2,1-3H3,(H,18,20). The van der Waals surface area contributed by atoms with Crippen molar-refractivity contribution in [1.29, 1.82) is 0 Å². The Hall–Kier alpha value is -2.08. The summed E-state index contributed by atoms with van der Waals surface area (Å²) in [6.45, 7) is 5.63. The van der Waals surface area contributed by atoms with E-state index in [0.29, 0.717) is 19.7 Å². The number of benzene rings is 1. The van der Waals surface area contributed by atoms with E-state index in [1.165, 1.54) is 0 Å². The van der Waals surface area contributed by atoms with E-state index in [2.05, 4.69) is 10.3 Å². The van der Waals surface area contributed by atoms with Gasteiger partial charge in [0, 0.05) is 25.2 Å². The zero-order valence-corrected chi connectivity index (χ0v) is 13.9. The summed E-state index contributed by atoms with van der Waals surface area (Å²) in [7, 11) is 1.76. The van der Waals surface area contributed by atoms with Crippen LogP contribution in [0.4, 0.5) is 4.79 Å². The van der Waals surface area contributed by atoms with Gasteiger partial charge in [-0.15, -0.1) is 11.3 Å². The second-order valence-electron chi connectivity index (χ2n) is 4.97. The molecular weight excluding hydrogens is 298 g/mol. The van der Waals surface area contributed by atoms with Crippen LogP contribution in [-0.2, 0) is 13.1 Å². The maximum Gasteiger partial charge on any atom is 0.317 e. The molecule has 0 saturated carbocycles. The van der Waals surface area contributed by atoms with Gasteiger partial charge in [-0.2, -0.15) is 0 Å². The summed E-state index contributed by atoms with van der Waals surface area (Å²) in [4.78, 5) is 17.9. The molecule has 0 aliphatic carbocycles. The van der Waals surface area contributed by atoms with Crippen molar-refractivity contribution in [1.82, 2.24) is 15.2 Å². The molecule has 1 aromatic carbocycles. The number of carbonyl (C=O) groups excluding carboxylic acids is 1. The molecule has 22 heavy (non-hydrogen) atoms. The minimum absolute atomic E-state index is 0.110. The Morgan fingerprint density at radius 3 is 2.91 bits per heavy atom. The summed E-state index contributed by atoms with van der Waals surface area (Å²) < 4.78 is 5.51. The smallest absolute Gasteiger partial charge is 0.317 e. The molecule has 5 nitrogen and oxygen atoms in total. The van der Waals surface area contributed by atoms with Gasteiger partial charge in [0.05, 0.1) is 13.2 Å². The predicted molar refractivity (Wildman–Crippen MR) is 88.2 cm³/mol. The van der Waals surface area contributed by atoms with Gasteiger partial charge < -0.3 is 15.0 Å². The van der Waals surface area contributed by atoms with E-state index in [9.17, 15) is 4.79 Å². The molecule has 0 radical (unpaired) electrons. The molecule has 1 N–H and O–H groups in total. The van der Waals surface area contributed by atoms with Crippen LogP contribution in [0, 0.1) is 6.92 Å². The average Bonchev–Trinajstić information content (AvgIpc) is 3.00. The van der Waals surface area contributed by atoms with Gasteiger partial charge in [-0.05, 0) is 31.0 Å². The van der Waals surface area contributed by atoms with Gasteiger partial charge in [0.25, 0.3) is 0 Å². The number of thiazole rings is 1. The van der Waals surface area contributed by atoms with Crippen molar-refractivity contribution in [2.45, 2.75) is 26.9 Å². The number of nitrogens with zero attached hydrogens (tertiary/aromatic N) is 2. The zero-order valence-electron chi connectivity index (χ0n) is 13.1. The fraction of sp³-hybridized carbons (Fsp3) is 0.375. The Balaban J connectivity index is 1.86. The monoisotopic (exact) mass is 319 g/mol. The van der Waals surface area contributed by atoms with Gasteiger partial charge in [-0.25, -0.2) is 9.78 Å². The van der Waals surface area contributed by atoms with Crippen LogP contribution < -0.4 is 10.1 Å². The van der Waals surface area contributed by atoms with Crippen molar-refractivity contribution < 1.29 is 9.53 Å². The third kappa shape index (κ3) is 4.46. The lowest BCUT2D eigenvalue weighted by molar-refractivity contribution is 0.206. The van der Waals surface area contributed by atoms with Crippen molar-refractivity contribution in [3.63, 3.8) is 0 Å². The first-order chi connectivity index (χ1) is 10.6. The molecule has 118 valence electrons. The van der Waals surface area contributed by atoms with E-state index in [0.717, 1.165) is 21.9 Å². The molecule has 1 heterocycles. The van der Waals surface area contributed by atoms with Crippen LogP contribution in [0.2, 0.25) is 0 Å². The highest BCUT2D eigenvalue weighted by Crippen LogP contribution is 2.19. The molecule has 0 aliphatic rings. The normalized spacial score (nSPS) is 10.3. The second kappa shape index (κ2) is 7.79. The largest absolute Gasteiger partial charge is 0.494 e. The fourth-order valence-corrected chi connectivity index (χ4v) is 2.73. The van der Waals surface area contributed by atoms with E-state index < -0.39 is 0 Å². The fourth-order valence-electron chi connectivity index (χ4n) is 2.06. The number of carbonyl (C=O) groups is 1. The molecule has 0 saturated heterocycles. The van der Waals surface area contributed by atoms with Crippen LogP contribution in [-0.4, -0.2) is 29.6 Å². The van der Waals surface area contributed by atoms with Gasteiger partial charge in [-0.1, -0.05) is 12.1 Å². The average molecular weight is 319 g/mol. The number of hydrogen-bond acceptors (Lipinski definition) is 4. The number of hydrogen-bond donors (Lipinski definition) is 1. The number of urea groups is 1. The van der Waals surface area contributed by atoms with E-state index >= 15 is 0 Å². The quantitative estimate of drug-likeness (QED) is 0.889. The van der Waals surface area contributed by atoms with Crippen LogP contribution in [0.25, 0.3) is 0 Å². The maximum atomic E-state index is 12.1. The first kappa shape index (κ1) is 16.3. The van der Waals surface area contributed by atoms with E-state index in [4.69, 9.17) is 4.74 Å². The number of aromatic nitrogens is 1. The summed E-state index contributed by atoms with van der Waals surface area (Å²) in [6, 6.07) is 5.84. The number of rotatable bonds is 6. The minimum atomic E-state index is -0.110. The van der Waals surface area contributed by atoms with Crippen LogP contribution in [0.15, 0.2) is 29.8 Å². The van der Waals surface area contributed by atoms with Crippen LogP contribution in [0.3, 0.4) is 0 Å². The summed E-state index contributed by atoms with van der Waals surface area (Å²) in [6.07, 6.45) is 1.74. The molecule has 0 atom stereocenters. The van der Waals surface area contributed by atoms with Gasteiger partial charge >= 0.3 is 6.03 Å². The topological polar surface area (TPSA) is 54.5 Å². The van der Waals surface area contributed by atoms with E-state index in [-0.39, 0.29) is 6.03 Å². The Labute approximate surface area is 134 Å². The second-order valence-corrected chi connectivity index (χ2v) is 5.95. The molecule has 0 aliphatic heterocycles. The highest BCUT2D eigenvalue weighted by atomic mass is 32.1. The van der Waals surface area contributed by atoms with Crippen LogP contribution in [0.5, 0.6) is 5.75 Å². The third-order valence-electron chi connectivity index (χ3n) is 3.19. The highest BCUT2D eigenvalue weighted by Gasteiger charge is 2.10. The van der Waals surface area contributed by atoms with Crippen molar-refractivity contribution in [3.8, 4) is 5.75 Å². The molecule has 1 aromatic heterocycles. The summed E-state index contributed by atoms with van der Waals surface area (Å²) in [5, 5.41) is 5.74. The zero-order chi connectivity index (χ0) is 15.9. The van der Waals surface area contributed by atoms with Crippen molar-refractivity contribution in [2.75, 3.05) is 13.7 Å². The molecule has 6 heteroatoms. The van der Waals surface area contributed by atoms with Crippen molar-refractivity contribution in [3.05, 3.63) is 45.9 Å². The molecule has 0 bridgehead atoms. The van der Waals surface area contributed by atoms with Gasteiger partial charge in [0.15, 0.2) is 0 Å². The Kier molecular flexibility index (Phi) is 5.77. The third-order valence-corrected chi connectivity index (χ3v) is 3.95. The molecule has 2 aromatic rings. The first-order valence-corrected chi connectivity index (χ1v) is 8.07. The minimum Gasteiger partial charge on any atom is -0.494 e. The van der Waals surface area contributed by atoms with E-state index in [1.807, 2.05) is 37.4 Å². The summed E-state index contributed by atoms with van der Waals surface area (Å²) >= 11 is 1.54.